The van der Waals surface area contributed by atoms with Crippen LogP contribution in [0.3, 0.4) is 0 Å². The summed E-state index contributed by atoms with van der Waals surface area (Å²) in [5.74, 6) is -4.24. The van der Waals surface area contributed by atoms with Gasteiger partial charge in [0.15, 0.2) is 11.5 Å². The Morgan fingerprint density at radius 3 is 2.21 bits per heavy atom. The third kappa shape index (κ3) is 11.1. The van der Waals surface area contributed by atoms with Crippen LogP contribution < -0.4 is 35.6 Å². The van der Waals surface area contributed by atoms with Crippen molar-refractivity contribution in [3.05, 3.63) is 53.5 Å². The maximum atomic E-state index is 12.7. The Hall–Kier alpha value is -5.89. The van der Waals surface area contributed by atoms with E-state index < -0.39 is 42.0 Å². The van der Waals surface area contributed by atoms with E-state index in [1.165, 1.54) is 26.1 Å². The number of piperidine rings is 1. The number of aliphatic carboxylic acids is 1. The molecule has 304 valence electrons. The number of urea groups is 1. The number of Topliss-reactive ketones (excluding diaryl/α,β-unsaturated/α-hetero) is 2. The monoisotopic (exact) mass is 798 g/mol. The van der Waals surface area contributed by atoms with E-state index in [4.69, 9.17) is 14.5 Å². The van der Waals surface area contributed by atoms with Crippen molar-refractivity contribution in [2.24, 2.45) is 0 Å². The number of nitrogens with zero attached hydrogens (tertiary/aromatic N) is 4. The van der Waals surface area contributed by atoms with Crippen LogP contribution in [0.15, 0.2) is 36.7 Å². The summed E-state index contributed by atoms with van der Waals surface area (Å²) >= 11 is 0. The fourth-order valence-corrected chi connectivity index (χ4v) is 6.01. The molecule has 56 heavy (non-hydrogen) atoms. The molecule has 0 bridgehead atoms. The number of carboxylic acids is 1. The number of ketones is 2. The molecule has 0 saturated carbocycles. The average Bonchev–Trinajstić information content (AvgIpc) is 3.17. The number of carbonyl (C=O) groups is 4. The molecule has 1 atom stereocenters. The second kappa shape index (κ2) is 18.6. The molecule has 21 heteroatoms. The van der Waals surface area contributed by atoms with Gasteiger partial charge in [0.1, 0.15) is 29.8 Å². The van der Waals surface area contributed by atoms with Crippen molar-refractivity contribution < 1.29 is 60.1 Å². The second-order valence-corrected chi connectivity index (χ2v) is 12.5. The molecule has 0 radical (unpaired) electrons. The molecule has 1 fully saturated rings. The van der Waals surface area contributed by atoms with Gasteiger partial charge in [-0.15, -0.1) is 0 Å². The molecule has 3 aromatic rings. The van der Waals surface area contributed by atoms with Gasteiger partial charge in [-0.1, -0.05) is 13.0 Å². The van der Waals surface area contributed by atoms with Crippen LogP contribution in [0, 0.1) is 0 Å². The van der Waals surface area contributed by atoms with Crippen LogP contribution in [0.1, 0.15) is 48.9 Å². The van der Waals surface area contributed by atoms with E-state index >= 15 is 0 Å². The number of aromatic nitrogens is 3. The van der Waals surface area contributed by atoms with Crippen LogP contribution in [-0.2, 0) is 27.2 Å². The number of aryl methyl sites for hydroxylation is 1. The predicted octanol–water partition coefficient (Wildman–Crippen LogP) is 5.13. The van der Waals surface area contributed by atoms with Gasteiger partial charge in [-0.25, -0.2) is 24.5 Å². The number of rotatable bonds is 12. The first kappa shape index (κ1) is 42.8. The number of alkyl halides is 6. The van der Waals surface area contributed by atoms with Gasteiger partial charge in [0.25, 0.3) is 0 Å². The van der Waals surface area contributed by atoms with Gasteiger partial charge < -0.3 is 40.7 Å². The molecule has 2 aliphatic rings. The van der Waals surface area contributed by atoms with Crippen molar-refractivity contribution in [1.29, 1.82) is 0 Å². The van der Waals surface area contributed by atoms with E-state index in [0.717, 1.165) is 68.2 Å². The van der Waals surface area contributed by atoms with Crippen LogP contribution in [-0.4, -0.2) is 102 Å². The number of hydrogen-bond donors (Lipinski definition) is 5. The number of pyridine rings is 1. The smallest absolute Gasteiger partial charge is 0.458 e. The maximum absolute atomic E-state index is 12.7. The van der Waals surface area contributed by atoms with Gasteiger partial charge in [0, 0.05) is 55.1 Å². The first-order chi connectivity index (χ1) is 26.5. The molecule has 5 N–H and O–H groups in total. The number of amides is 2. The van der Waals surface area contributed by atoms with Crippen molar-refractivity contribution in [3.8, 4) is 11.5 Å². The Morgan fingerprint density at radius 2 is 1.62 bits per heavy atom. The summed E-state index contributed by atoms with van der Waals surface area (Å²) in [6, 6.07) is 7.38. The topological polar surface area (TPSA) is 197 Å². The highest BCUT2D eigenvalue weighted by molar-refractivity contribution is 6.41. The average molecular weight is 799 g/mol. The number of carbonyl (C=O) groups excluding carboxylic acids is 3. The van der Waals surface area contributed by atoms with Crippen molar-refractivity contribution in [2.75, 3.05) is 61.2 Å². The summed E-state index contributed by atoms with van der Waals surface area (Å²) < 4.78 is 77.4. The first-order valence-electron chi connectivity index (χ1n) is 17.3. The Bertz CT molecular complexity index is 1860. The van der Waals surface area contributed by atoms with E-state index in [1.807, 2.05) is 6.92 Å². The second-order valence-electron chi connectivity index (χ2n) is 12.5. The minimum absolute atomic E-state index is 0.0712. The van der Waals surface area contributed by atoms with Crippen LogP contribution in [0.25, 0.3) is 0 Å². The minimum Gasteiger partial charge on any atom is -0.493 e. The standard InChI is InChI=1S/C31H40N8O5.C4F6O2/c1-4-22-28(33-17-24(30(40)41)38-31(42)36-21-8-10-25(43-2)26(16-21)44-3)34-18-35-29(22)39-14-11-19(12-15-39)23-9-7-20-6-5-13-32-27(20)37-23;5-3(6,7)1(11)2(12)4(8,9)10/h7-10,16,18-19,24H,4-6,11-15,17H2,1-3H3,(H,32,37)(H,40,41)(H,33,34,35)(H2,36,38,42);/t24-;/m0./s1. The Labute approximate surface area is 316 Å². The van der Waals surface area contributed by atoms with Gasteiger partial charge in [0.05, 0.1) is 14.2 Å². The number of hydrogen-bond acceptors (Lipinski definition) is 12. The van der Waals surface area contributed by atoms with Gasteiger partial charge in [0.2, 0.25) is 0 Å². The highest BCUT2D eigenvalue weighted by Crippen LogP contribution is 2.34. The molecule has 2 aliphatic heterocycles. The fraction of sp³-hybridized carbons (Fsp3) is 0.457. The zero-order chi connectivity index (χ0) is 41.2. The number of fused-ring (bicyclic) bond motifs is 1. The zero-order valence-corrected chi connectivity index (χ0v) is 30.4. The summed E-state index contributed by atoms with van der Waals surface area (Å²) in [6.45, 7) is 4.58. The first-order valence-corrected chi connectivity index (χ1v) is 17.3. The lowest BCUT2D eigenvalue weighted by Gasteiger charge is -2.34. The molecule has 1 saturated heterocycles. The lowest BCUT2D eigenvalue weighted by atomic mass is 9.92. The highest BCUT2D eigenvalue weighted by atomic mass is 19.4. The lowest BCUT2D eigenvalue weighted by molar-refractivity contribution is -0.193. The number of ether oxygens (including phenoxy) is 2. The molecule has 4 heterocycles. The quantitative estimate of drug-likeness (QED) is 0.120. The number of halogens is 6. The fourth-order valence-electron chi connectivity index (χ4n) is 6.01. The molecule has 5 rings (SSSR count). The molecule has 2 aromatic heterocycles. The summed E-state index contributed by atoms with van der Waals surface area (Å²) in [5, 5.41) is 21.5. The molecule has 0 unspecified atom stereocenters. The number of carboxylic acid groups (broad SMARTS) is 1. The zero-order valence-electron chi connectivity index (χ0n) is 30.4. The van der Waals surface area contributed by atoms with Gasteiger partial charge in [-0.2, -0.15) is 26.3 Å². The molecule has 1 aromatic carbocycles. The summed E-state index contributed by atoms with van der Waals surface area (Å²) in [5.41, 5.74) is 3.76. The third-order valence-electron chi connectivity index (χ3n) is 8.84. The number of methoxy groups -OCH3 is 2. The van der Waals surface area contributed by atoms with Gasteiger partial charge in [-0.05, 0) is 55.9 Å². The van der Waals surface area contributed by atoms with E-state index in [0.29, 0.717) is 35.3 Å². The molecule has 2 amide bonds. The number of nitrogens with one attached hydrogen (secondary N) is 4. The molecular weight excluding hydrogens is 758 g/mol. The number of anilines is 4. The van der Waals surface area contributed by atoms with Crippen LogP contribution in [0.2, 0.25) is 0 Å². The van der Waals surface area contributed by atoms with E-state index in [-0.39, 0.29) is 6.54 Å². The van der Waals surface area contributed by atoms with Crippen molar-refractivity contribution in [2.45, 2.75) is 63.3 Å². The normalized spacial score (nSPS) is 14.8. The van der Waals surface area contributed by atoms with E-state index in [9.17, 15) is 50.6 Å². The maximum Gasteiger partial charge on any atom is 0.458 e. The summed E-state index contributed by atoms with van der Waals surface area (Å²) in [7, 11) is 3.01. The summed E-state index contributed by atoms with van der Waals surface area (Å²) in [6.07, 6.45) is -5.25. The van der Waals surface area contributed by atoms with E-state index in [2.05, 4.69) is 48.3 Å². The largest absolute Gasteiger partial charge is 0.493 e. The number of benzene rings is 1. The predicted molar refractivity (Wildman–Crippen MR) is 190 cm³/mol. The molecule has 0 spiro atoms. The van der Waals surface area contributed by atoms with Gasteiger partial charge >= 0.3 is 35.9 Å². The van der Waals surface area contributed by atoms with Crippen LogP contribution in [0.4, 0.5) is 54.3 Å². The highest BCUT2D eigenvalue weighted by Gasteiger charge is 2.54. The Kier molecular flexibility index (Phi) is 14.3. The Balaban J connectivity index is 0.000000501. The minimum atomic E-state index is -5.77. The molecule has 15 nitrogen and oxygen atoms in total. The van der Waals surface area contributed by atoms with Crippen molar-refractivity contribution >= 4 is 46.7 Å². The Morgan fingerprint density at radius 1 is 0.964 bits per heavy atom. The lowest BCUT2D eigenvalue weighted by Crippen LogP contribution is -2.47. The summed E-state index contributed by atoms with van der Waals surface area (Å²) in [4.78, 5) is 60.1. The molecule has 0 aliphatic carbocycles. The van der Waals surface area contributed by atoms with Gasteiger partial charge in [-0.3, -0.25) is 9.59 Å². The SMILES string of the molecule is CCc1c(NC[C@H](NC(=O)Nc2ccc(OC)c(OC)c2)C(=O)O)ncnc1N1CCC(c2ccc3c(n2)NCCC3)CC1.O=C(C(=O)C(F)(F)F)C(F)(F)F. The van der Waals surface area contributed by atoms with Crippen LogP contribution >= 0.6 is 0 Å². The van der Waals surface area contributed by atoms with Crippen molar-refractivity contribution in [1.82, 2.24) is 20.3 Å². The van der Waals surface area contributed by atoms with Crippen molar-refractivity contribution in [3.63, 3.8) is 0 Å². The van der Waals surface area contributed by atoms with E-state index in [1.54, 1.807) is 18.2 Å². The molecular formula is C35H40F6N8O7. The van der Waals surface area contributed by atoms with Crippen LogP contribution in [0.5, 0.6) is 11.5 Å². The third-order valence-corrected chi connectivity index (χ3v) is 8.84.